The number of carbonyl (C=O) groups is 1. The molecule has 13 heavy (non-hydrogen) atoms. The van der Waals surface area contributed by atoms with Crippen LogP contribution in [0.3, 0.4) is 0 Å². The smallest absolute Gasteiger partial charge is 0.342 e. The number of esters is 1. The molecule has 1 heterocycles. The monoisotopic (exact) mass is 178 g/mol. The first-order valence-electron chi connectivity index (χ1n) is 4.18. The Morgan fingerprint density at radius 3 is 2.54 bits per heavy atom. The van der Waals surface area contributed by atoms with Crippen molar-refractivity contribution in [3.63, 3.8) is 0 Å². The maximum absolute atomic E-state index is 11.2. The Kier molecular flexibility index (Phi) is 1.81. The second-order valence-electron chi connectivity index (χ2n) is 3.11. The van der Waals surface area contributed by atoms with Gasteiger partial charge in [-0.25, -0.2) is 4.79 Å². The molecule has 0 aromatic heterocycles. The number of benzene rings is 1. The van der Waals surface area contributed by atoms with E-state index in [1.807, 2.05) is 6.07 Å². The van der Waals surface area contributed by atoms with Gasteiger partial charge in [0.25, 0.3) is 0 Å². The van der Waals surface area contributed by atoms with E-state index >= 15 is 0 Å². The summed E-state index contributed by atoms with van der Waals surface area (Å²) in [6.45, 7) is 0.296. The molecule has 0 amide bonds. The molecule has 1 N–H and O–H groups in total. The fourth-order valence-corrected chi connectivity index (χ4v) is 1.49. The first-order valence-corrected chi connectivity index (χ1v) is 4.18. The molecule has 1 aliphatic heterocycles. The standard InChI is InChI=1S/C10H10O3/c11-9-10(12,6-7-13-9)8-4-2-1-3-5-8/h1-5,12H,6-7H2. The quantitative estimate of drug-likeness (QED) is 0.647. The van der Waals surface area contributed by atoms with Gasteiger partial charge in [-0.05, 0) is 5.56 Å². The highest BCUT2D eigenvalue weighted by Gasteiger charge is 2.43. The molecule has 3 nitrogen and oxygen atoms in total. The van der Waals surface area contributed by atoms with Gasteiger partial charge >= 0.3 is 5.97 Å². The summed E-state index contributed by atoms with van der Waals surface area (Å²) in [6.07, 6.45) is 0.343. The fraction of sp³-hybridized carbons (Fsp3) is 0.300. The number of ether oxygens (including phenoxy) is 1. The second kappa shape index (κ2) is 2.85. The van der Waals surface area contributed by atoms with Crippen molar-refractivity contribution in [2.75, 3.05) is 6.61 Å². The van der Waals surface area contributed by atoms with Crippen LogP contribution in [0.2, 0.25) is 0 Å². The Labute approximate surface area is 76.0 Å². The van der Waals surface area contributed by atoms with Crippen LogP contribution < -0.4 is 0 Å². The van der Waals surface area contributed by atoms with Crippen LogP contribution in [0, 0.1) is 0 Å². The molecular weight excluding hydrogens is 168 g/mol. The van der Waals surface area contributed by atoms with Crippen molar-refractivity contribution in [2.45, 2.75) is 12.0 Å². The SMILES string of the molecule is O=C1OCCC1(O)c1ccccc1. The Balaban J connectivity index is 2.40. The highest BCUT2D eigenvalue weighted by molar-refractivity contribution is 5.82. The van der Waals surface area contributed by atoms with Crippen molar-refractivity contribution in [3.8, 4) is 0 Å². The van der Waals surface area contributed by atoms with E-state index in [-0.39, 0.29) is 0 Å². The van der Waals surface area contributed by atoms with Crippen LogP contribution in [0.25, 0.3) is 0 Å². The lowest BCUT2D eigenvalue weighted by molar-refractivity contribution is -0.153. The van der Waals surface area contributed by atoms with Crippen molar-refractivity contribution < 1.29 is 14.6 Å². The average Bonchev–Trinajstić information content (AvgIpc) is 2.50. The maximum atomic E-state index is 11.2. The molecule has 0 spiro atoms. The number of carbonyl (C=O) groups excluding carboxylic acids is 1. The minimum Gasteiger partial charge on any atom is -0.463 e. The van der Waals surface area contributed by atoms with E-state index < -0.39 is 11.6 Å². The predicted octanol–water partition coefficient (Wildman–Crippen LogP) is 0.821. The van der Waals surface area contributed by atoms with Crippen molar-refractivity contribution in [1.29, 1.82) is 0 Å². The summed E-state index contributed by atoms with van der Waals surface area (Å²) >= 11 is 0. The summed E-state index contributed by atoms with van der Waals surface area (Å²) in [5.41, 5.74) is -0.807. The van der Waals surface area contributed by atoms with Crippen LogP contribution in [-0.2, 0) is 15.1 Å². The van der Waals surface area contributed by atoms with E-state index in [1.54, 1.807) is 24.3 Å². The zero-order valence-corrected chi connectivity index (χ0v) is 7.06. The van der Waals surface area contributed by atoms with Crippen LogP contribution in [0.1, 0.15) is 12.0 Å². The molecule has 0 aliphatic carbocycles. The van der Waals surface area contributed by atoms with Crippen LogP contribution in [0.15, 0.2) is 30.3 Å². The molecule has 3 heteroatoms. The Morgan fingerprint density at radius 2 is 2.00 bits per heavy atom. The summed E-state index contributed by atoms with van der Waals surface area (Å²) in [6, 6.07) is 8.88. The van der Waals surface area contributed by atoms with Gasteiger partial charge in [0.2, 0.25) is 0 Å². The summed E-state index contributed by atoms with van der Waals surface area (Å²) in [7, 11) is 0. The minimum atomic E-state index is -1.42. The van der Waals surface area contributed by atoms with Crippen molar-refractivity contribution >= 4 is 5.97 Å². The molecule has 1 fully saturated rings. The van der Waals surface area contributed by atoms with Gasteiger partial charge in [-0.1, -0.05) is 30.3 Å². The molecule has 0 radical (unpaired) electrons. The molecule has 1 aromatic rings. The van der Waals surface area contributed by atoms with Gasteiger partial charge in [-0.15, -0.1) is 0 Å². The predicted molar refractivity (Wildman–Crippen MR) is 45.9 cm³/mol. The number of hydrogen-bond acceptors (Lipinski definition) is 3. The van der Waals surface area contributed by atoms with E-state index in [0.29, 0.717) is 18.6 Å². The van der Waals surface area contributed by atoms with Crippen molar-refractivity contribution in [1.82, 2.24) is 0 Å². The van der Waals surface area contributed by atoms with Crippen LogP contribution >= 0.6 is 0 Å². The third kappa shape index (κ3) is 1.21. The van der Waals surface area contributed by atoms with E-state index in [0.717, 1.165) is 0 Å². The Bertz CT molecular complexity index is 320. The third-order valence-electron chi connectivity index (χ3n) is 2.29. The first kappa shape index (κ1) is 8.26. The second-order valence-corrected chi connectivity index (χ2v) is 3.11. The largest absolute Gasteiger partial charge is 0.463 e. The van der Waals surface area contributed by atoms with Gasteiger partial charge in [0, 0.05) is 6.42 Å². The lowest BCUT2D eigenvalue weighted by Gasteiger charge is -2.17. The van der Waals surface area contributed by atoms with E-state index in [4.69, 9.17) is 4.74 Å². The first-order chi connectivity index (χ1) is 6.23. The number of hydrogen-bond donors (Lipinski definition) is 1. The zero-order valence-electron chi connectivity index (χ0n) is 7.06. The molecule has 2 rings (SSSR count). The summed E-state index contributed by atoms with van der Waals surface area (Å²) in [5.74, 6) is -0.543. The highest BCUT2D eigenvalue weighted by Crippen LogP contribution is 2.30. The molecule has 1 aliphatic rings. The van der Waals surface area contributed by atoms with Gasteiger partial charge in [-0.2, -0.15) is 0 Å². The van der Waals surface area contributed by atoms with Gasteiger partial charge in [-0.3, -0.25) is 0 Å². The molecular formula is C10H10O3. The molecule has 1 saturated heterocycles. The lowest BCUT2D eigenvalue weighted by Crippen LogP contribution is -2.30. The van der Waals surface area contributed by atoms with Gasteiger partial charge in [0.1, 0.15) is 0 Å². The lowest BCUT2D eigenvalue weighted by atomic mass is 9.93. The molecule has 68 valence electrons. The molecule has 1 aromatic carbocycles. The third-order valence-corrected chi connectivity index (χ3v) is 2.29. The topological polar surface area (TPSA) is 46.5 Å². The maximum Gasteiger partial charge on any atom is 0.342 e. The minimum absolute atomic E-state index is 0.296. The molecule has 1 unspecified atom stereocenters. The molecule has 0 bridgehead atoms. The van der Waals surface area contributed by atoms with Crippen molar-refractivity contribution in [2.24, 2.45) is 0 Å². The van der Waals surface area contributed by atoms with E-state index in [2.05, 4.69) is 0 Å². The molecule has 0 saturated carbocycles. The molecule has 1 atom stereocenters. The highest BCUT2D eigenvalue weighted by atomic mass is 16.6. The van der Waals surface area contributed by atoms with Gasteiger partial charge in [0.15, 0.2) is 5.60 Å². The van der Waals surface area contributed by atoms with Crippen molar-refractivity contribution in [3.05, 3.63) is 35.9 Å². The van der Waals surface area contributed by atoms with Crippen LogP contribution in [0.4, 0.5) is 0 Å². The fourth-order valence-electron chi connectivity index (χ4n) is 1.49. The summed E-state index contributed by atoms with van der Waals surface area (Å²) < 4.78 is 4.73. The Morgan fingerprint density at radius 1 is 1.31 bits per heavy atom. The van der Waals surface area contributed by atoms with E-state index in [1.165, 1.54) is 0 Å². The van der Waals surface area contributed by atoms with Crippen LogP contribution in [0.5, 0.6) is 0 Å². The zero-order chi connectivity index (χ0) is 9.31. The summed E-state index contributed by atoms with van der Waals surface area (Å²) in [4.78, 5) is 11.2. The summed E-state index contributed by atoms with van der Waals surface area (Å²) in [5, 5.41) is 9.96. The normalized spacial score (nSPS) is 27.3. The van der Waals surface area contributed by atoms with Gasteiger partial charge in [0.05, 0.1) is 6.61 Å². The number of cyclic esters (lactones) is 1. The average molecular weight is 178 g/mol. The van der Waals surface area contributed by atoms with E-state index in [9.17, 15) is 9.90 Å². The Hall–Kier alpha value is -1.35. The number of rotatable bonds is 1. The number of aliphatic hydroxyl groups is 1. The van der Waals surface area contributed by atoms with Gasteiger partial charge < -0.3 is 9.84 Å². The van der Waals surface area contributed by atoms with Crippen LogP contribution in [-0.4, -0.2) is 17.7 Å².